The number of carbonyl (C=O) groups excluding carboxylic acids is 1. The van der Waals surface area contributed by atoms with Crippen LogP contribution < -0.4 is 16.0 Å². The van der Waals surface area contributed by atoms with E-state index in [0.717, 1.165) is 22.9 Å². The second-order valence-corrected chi connectivity index (χ2v) is 7.20. The smallest absolute Gasteiger partial charge is 0.277 e. The Morgan fingerprint density at radius 2 is 1.67 bits per heavy atom. The molecule has 0 radical (unpaired) electrons. The molecule has 3 aromatic rings. The Balaban J connectivity index is 1.57. The van der Waals surface area contributed by atoms with Crippen LogP contribution in [-0.2, 0) is 0 Å². The van der Waals surface area contributed by atoms with Crippen molar-refractivity contribution in [2.75, 3.05) is 16.0 Å². The van der Waals surface area contributed by atoms with Crippen molar-refractivity contribution in [3.05, 3.63) is 65.2 Å². The fraction of sp³-hybridized carbons (Fsp3) is 0.158. The summed E-state index contributed by atoms with van der Waals surface area (Å²) in [5.74, 6) is 0.169. The third-order valence-electron chi connectivity index (χ3n) is 3.80. The number of aromatic nitrogens is 2. The molecule has 0 atom stereocenters. The minimum Gasteiger partial charge on any atom is -0.332 e. The van der Waals surface area contributed by atoms with Gasteiger partial charge in [0.25, 0.3) is 5.91 Å². The van der Waals surface area contributed by atoms with E-state index >= 15 is 0 Å². The molecule has 2 aromatic carbocycles. The summed E-state index contributed by atoms with van der Waals surface area (Å²) in [7, 11) is 0. The van der Waals surface area contributed by atoms with Crippen molar-refractivity contribution in [1.29, 1.82) is 0 Å². The molecule has 0 saturated carbocycles. The van der Waals surface area contributed by atoms with E-state index in [9.17, 15) is 4.79 Å². The Morgan fingerprint density at radius 3 is 2.30 bits per heavy atom. The summed E-state index contributed by atoms with van der Waals surface area (Å²) in [5.41, 5.74) is 3.98. The largest absolute Gasteiger partial charge is 0.332 e. The van der Waals surface area contributed by atoms with Crippen molar-refractivity contribution < 1.29 is 4.79 Å². The van der Waals surface area contributed by atoms with Crippen molar-refractivity contribution in [3.8, 4) is 0 Å². The van der Waals surface area contributed by atoms with Gasteiger partial charge in [-0.15, -0.1) is 5.10 Å². The van der Waals surface area contributed by atoms with Crippen molar-refractivity contribution in [3.63, 3.8) is 0 Å². The summed E-state index contributed by atoms with van der Waals surface area (Å²) in [6.45, 7) is 4.31. The van der Waals surface area contributed by atoms with Crippen LogP contribution in [0.15, 0.2) is 53.9 Å². The van der Waals surface area contributed by atoms with E-state index in [-0.39, 0.29) is 5.91 Å². The van der Waals surface area contributed by atoms with Crippen LogP contribution in [0, 0.1) is 0 Å². The predicted molar refractivity (Wildman–Crippen MR) is 115 cm³/mol. The molecule has 0 aliphatic rings. The van der Waals surface area contributed by atoms with Gasteiger partial charge in [0.05, 0.1) is 0 Å². The van der Waals surface area contributed by atoms with E-state index in [4.69, 9.17) is 12.2 Å². The third-order valence-corrected chi connectivity index (χ3v) is 4.51. The Hall–Kier alpha value is -2.84. The normalized spacial score (nSPS) is 10.5. The summed E-state index contributed by atoms with van der Waals surface area (Å²) < 4.78 is 3.68. The summed E-state index contributed by atoms with van der Waals surface area (Å²) in [6, 6.07) is 15.4. The van der Waals surface area contributed by atoms with E-state index < -0.39 is 0 Å². The average molecular weight is 398 g/mol. The number of hydrogen-bond acceptors (Lipinski definition) is 5. The SMILES string of the molecule is CC(C)c1cccc(NC(=S)Nc2ccc(NC(=O)c3csnn3)cc2)c1. The standard InChI is InChI=1S/C19H19N5OS2/c1-12(2)13-4-3-5-16(10-13)22-19(26)21-15-8-6-14(7-9-15)20-18(25)17-11-27-24-23-17/h3-12H,1-2H3,(H,20,25)(H2,21,22,26). The summed E-state index contributed by atoms with van der Waals surface area (Å²) >= 11 is 6.52. The van der Waals surface area contributed by atoms with Crippen LogP contribution in [0.3, 0.4) is 0 Å². The highest BCUT2D eigenvalue weighted by atomic mass is 32.1. The van der Waals surface area contributed by atoms with Gasteiger partial charge in [-0.05, 0) is 71.6 Å². The van der Waals surface area contributed by atoms with Gasteiger partial charge >= 0.3 is 0 Å². The molecule has 0 fully saturated rings. The van der Waals surface area contributed by atoms with Gasteiger partial charge in [-0.2, -0.15) is 0 Å². The average Bonchev–Trinajstić information content (AvgIpc) is 3.18. The molecule has 1 aromatic heterocycles. The topological polar surface area (TPSA) is 78.9 Å². The first-order valence-electron chi connectivity index (χ1n) is 8.37. The molecule has 0 aliphatic heterocycles. The predicted octanol–water partition coefficient (Wildman–Crippen LogP) is 4.72. The second-order valence-electron chi connectivity index (χ2n) is 6.18. The van der Waals surface area contributed by atoms with Crippen LogP contribution in [0.1, 0.15) is 35.8 Å². The van der Waals surface area contributed by atoms with Gasteiger partial charge in [0.1, 0.15) is 0 Å². The summed E-state index contributed by atoms with van der Waals surface area (Å²) in [6.07, 6.45) is 0. The molecule has 3 rings (SSSR count). The number of thiocarbonyl (C=S) groups is 1. The fourth-order valence-corrected chi connectivity index (χ4v) is 3.04. The Morgan fingerprint density at radius 1 is 1.00 bits per heavy atom. The van der Waals surface area contributed by atoms with Crippen LogP contribution >= 0.6 is 23.8 Å². The fourth-order valence-electron chi connectivity index (χ4n) is 2.36. The van der Waals surface area contributed by atoms with E-state index in [0.29, 0.717) is 22.4 Å². The minimum atomic E-state index is -0.285. The first-order valence-corrected chi connectivity index (χ1v) is 9.62. The van der Waals surface area contributed by atoms with E-state index in [1.165, 1.54) is 5.56 Å². The molecule has 8 heteroatoms. The van der Waals surface area contributed by atoms with E-state index in [1.807, 2.05) is 24.3 Å². The molecule has 0 unspecified atom stereocenters. The number of hydrogen-bond donors (Lipinski definition) is 3. The first-order chi connectivity index (χ1) is 13.0. The summed E-state index contributed by atoms with van der Waals surface area (Å²) in [5, 5.41) is 14.9. The molecule has 0 spiro atoms. The molecule has 0 bridgehead atoms. The van der Waals surface area contributed by atoms with Crippen LogP contribution in [0.2, 0.25) is 0 Å². The number of anilines is 3. The molecule has 138 valence electrons. The molecular weight excluding hydrogens is 378 g/mol. The summed E-state index contributed by atoms with van der Waals surface area (Å²) in [4.78, 5) is 12.0. The zero-order valence-corrected chi connectivity index (χ0v) is 16.5. The molecular formula is C19H19N5OS2. The number of carbonyl (C=O) groups is 1. The lowest BCUT2D eigenvalue weighted by atomic mass is 10.0. The molecule has 1 heterocycles. The highest BCUT2D eigenvalue weighted by Gasteiger charge is 2.09. The Kier molecular flexibility index (Phi) is 6.10. The number of amides is 1. The zero-order valence-electron chi connectivity index (χ0n) is 14.9. The lowest BCUT2D eigenvalue weighted by Gasteiger charge is -2.13. The first kappa shape index (κ1) is 18.9. The number of rotatable bonds is 5. The van der Waals surface area contributed by atoms with Crippen LogP contribution in [-0.4, -0.2) is 20.6 Å². The van der Waals surface area contributed by atoms with Crippen molar-refractivity contribution in [2.24, 2.45) is 0 Å². The van der Waals surface area contributed by atoms with Crippen LogP contribution in [0.25, 0.3) is 0 Å². The number of nitrogens with zero attached hydrogens (tertiary/aromatic N) is 2. The van der Waals surface area contributed by atoms with E-state index in [1.54, 1.807) is 17.5 Å². The van der Waals surface area contributed by atoms with Gasteiger partial charge in [-0.25, -0.2) is 0 Å². The van der Waals surface area contributed by atoms with Crippen LogP contribution in [0.5, 0.6) is 0 Å². The van der Waals surface area contributed by atoms with Crippen molar-refractivity contribution >= 4 is 51.8 Å². The molecule has 27 heavy (non-hydrogen) atoms. The molecule has 1 amide bonds. The highest BCUT2D eigenvalue weighted by Crippen LogP contribution is 2.19. The Labute approximate surface area is 167 Å². The van der Waals surface area contributed by atoms with Gasteiger partial charge in [-0.1, -0.05) is 30.5 Å². The molecule has 0 saturated heterocycles. The van der Waals surface area contributed by atoms with Gasteiger partial charge in [0.15, 0.2) is 10.8 Å². The van der Waals surface area contributed by atoms with Crippen molar-refractivity contribution in [1.82, 2.24) is 9.59 Å². The highest BCUT2D eigenvalue weighted by molar-refractivity contribution is 7.80. The van der Waals surface area contributed by atoms with E-state index in [2.05, 4.69) is 51.5 Å². The number of benzene rings is 2. The third kappa shape index (κ3) is 5.32. The van der Waals surface area contributed by atoms with Gasteiger partial charge < -0.3 is 16.0 Å². The zero-order chi connectivity index (χ0) is 19.2. The minimum absolute atomic E-state index is 0.285. The molecule has 3 N–H and O–H groups in total. The maximum atomic E-state index is 12.0. The maximum absolute atomic E-state index is 12.0. The van der Waals surface area contributed by atoms with Gasteiger partial charge in [0, 0.05) is 22.4 Å². The lowest BCUT2D eigenvalue weighted by Crippen LogP contribution is -2.19. The lowest BCUT2D eigenvalue weighted by molar-refractivity contribution is 0.102. The number of nitrogens with one attached hydrogen (secondary N) is 3. The van der Waals surface area contributed by atoms with Crippen molar-refractivity contribution in [2.45, 2.75) is 19.8 Å². The quantitative estimate of drug-likeness (QED) is 0.541. The monoisotopic (exact) mass is 397 g/mol. The molecule has 6 nitrogen and oxygen atoms in total. The second kappa shape index (κ2) is 8.70. The van der Waals surface area contributed by atoms with Gasteiger partial charge in [0.2, 0.25) is 0 Å². The molecule has 0 aliphatic carbocycles. The van der Waals surface area contributed by atoms with Gasteiger partial charge in [-0.3, -0.25) is 4.79 Å². The van der Waals surface area contributed by atoms with Crippen LogP contribution in [0.4, 0.5) is 17.1 Å². The Bertz CT molecular complexity index is 924. The maximum Gasteiger partial charge on any atom is 0.277 e.